The van der Waals surface area contributed by atoms with Crippen LogP contribution in [-0.4, -0.2) is 43.5 Å². The molecule has 8 heteroatoms. The summed E-state index contributed by atoms with van der Waals surface area (Å²) in [6.45, 7) is 2.79. The Kier molecular flexibility index (Phi) is 4.99. The number of aromatic nitrogens is 5. The maximum atomic E-state index is 4.96. The summed E-state index contributed by atoms with van der Waals surface area (Å²) in [7, 11) is 0. The van der Waals surface area contributed by atoms with E-state index in [1.165, 1.54) is 36.8 Å². The van der Waals surface area contributed by atoms with E-state index in [-0.39, 0.29) is 0 Å². The molecule has 6 rings (SSSR count). The molecule has 32 heavy (non-hydrogen) atoms. The third-order valence-electron chi connectivity index (χ3n) is 6.34. The van der Waals surface area contributed by atoms with Gasteiger partial charge in [-0.05, 0) is 61.9 Å². The van der Waals surface area contributed by atoms with Gasteiger partial charge in [0.1, 0.15) is 11.6 Å². The van der Waals surface area contributed by atoms with Crippen LogP contribution in [0.1, 0.15) is 42.7 Å². The zero-order chi connectivity index (χ0) is 21.3. The molecular formula is C24H28N8. The molecule has 1 aliphatic heterocycles. The highest BCUT2D eigenvalue weighted by atomic mass is 15.3. The van der Waals surface area contributed by atoms with Crippen molar-refractivity contribution in [2.24, 2.45) is 0 Å². The summed E-state index contributed by atoms with van der Waals surface area (Å²) in [4.78, 5) is 4.96. The first kappa shape index (κ1) is 19.3. The molecule has 1 saturated carbocycles. The van der Waals surface area contributed by atoms with Gasteiger partial charge in [-0.3, -0.25) is 0 Å². The van der Waals surface area contributed by atoms with Crippen LogP contribution in [0.15, 0.2) is 55.0 Å². The Morgan fingerprint density at radius 3 is 2.75 bits per heavy atom. The fourth-order valence-electron chi connectivity index (χ4n) is 4.43. The summed E-state index contributed by atoms with van der Waals surface area (Å²) < 4.78 is 3.82. The molecule has 2 aliphatic rings. The molecule has 3 N–H and O–H groups in total. The highest BCUT2D eigenvalue weighted by Gasteiger charge is 2.28. The number of fused-ring (bicyclic) bond motifs is 1. The van der Waals surface area contributed by atoms with Gasteiger partial charge in [0.05, 0.1) is 11.9 Å². The zero-order valence-electron chi connectivity index (χ0n) is 18.0. The van der Waals surface area contributed by atoms with E-state index in [0.29, 0.717) is 18.5 Å². The number of hydrogen-bond donors (Lipinski definition) is 3. The van der Waals surface area contributed by atoms with Gasteiger partial charge in [-0.15, -0.1) is 0 Å². The average Bonchev–Trinajstić information content (AvgIpc) is 3.34. The van der Waals surface area contributed by atoms with E-state index >= 15 is 0 Å². The van der Waals surface area contributed by atoms with Crippen molar-refractivity contribution in [3.63, 3.8) is 0 Å². The van der Waals surface area contributed by atoms with Crippen molar-refractivity contribution in [1.82, 2.24) is 29.7 Å². The maximum absolute atomic E-state index is 4.96. The molecule has 4 heterocycles. The van der Waals surface area contributed by atoms with Crippen LogP contribution in [0.4, 0.5) is 11.6 Å². The molecule has 1 saturated heterocycles. The summed E-state index contributed by atoms with van der Waals surface area (Å²) in [5.74, 6) is 2.49. The number of benzene rings is 1. The Labute approximate surface area is 187 Å². The van der Waals surface area contributed by atoms with Gasteiger partial charge >= 0.3 is 0 Å². The molecule has 0 bridgehead atoms. The molecule has 8 nitrogen and oxygen atoms in total. The van der Waals surface area contributed by atoms with Crippen molar-refractivity contribution in [1.29, 1.82) is 0 Å². The lowest BCUT2D eigenvalue weighted by Gasteiger charge is -2.24. The Morgan fingerprint density at radius 1 is 1.09 bits per heavy atom. The van der Waals surface area contributed by atoms with Crippen LogP contribution in [0.2, 0.25) is 0 Å². The van der Waals surface area contributed by atoms with E-state index in [9.17, 15) is 0 Å². The molecule has 164 valence electrons. The van der Waals surface area contributed by atoms with Crippen molar-refractivity contribution in [3.05, 3.63) is 66.1 Å². The van der Waals surface area contributed by atoms with Crippen molar-refractivity contribution in [2.45, 2.75) is 44.2 Å². The van der Waals surface area contributed by atoms with Gasteiger partial charge in [-0.1, -0.05) is 12.1 Å². The first-order valence-corrected chi connectivity index (χ1v) is 11.5. The predicted octanol–water partition coefficient (Wildman–Crippen LogP) is 3.57. The molecule has 1 aromatic carbocycles. The Hall–Kier alpha value is -3.39. The van der Waals surface area contributed by atoms with Crippen LogP contribution in [0.25, 0.3) is 11.3 Å². The number of hydrogen-bond acceptors (Lipinski definition) is 6. The molecule has 1 atom stereocenters. The van der Waals surface area contributed by atoms with Crippen molar-refractivity contribution < 1.29 is 0 Å². The molecule has 0 spiro atoms. The van der Waals surface area contributed by atoms with Gasteiger partial charge in [0.2, 0.25) is 0 Å². The zero-order valence-corrected chi connectivity index (χ0v) is 18.0. The monoisotopic (exact) mass is 428 g/mol. The second-order valence-corrected chi connectivity index (χ2v) is 8.79. The number of piperidine rings is 1. The smallest absolute Gasteiger partial charge is 0.163 e. The molecular weight excluding hydrogens is 400 g/mol. The average molecular weight is 429 g/mol. The molecule has 0 unspecified atom stereocenters. The summed E-state index contributed by atoms with van der Waals surface area (Å²) in [6, 6.07) is 12.9. The van der Waals surface area contributed by atoms with Crippen LogP contribution in [-0.2, 0) is 6.54 Å². The maximum Gasteiger partial charge on any atom is 0.163 e. The van der Waals surface area contributed by atoms with Gasteiger partial charge in [0.25, 0.3) is 0 Å². The van der Waals surface area contributed by atoms with E-state index in [0.717, 1.165) is 36.1 Å². The fourth-order valence-corrected chi connectivity index (χ4v) is 4.43. The lowest BCUT2D eigenvalue weighted by atomic mass is 10.1. The minimum Gasteiger partial charge on any atom is -0.366 e. The van der Waals surface area contributed by atoms with Gasteiger partial charge in [-0.2, -0.15) is 14.7 Å². The molecule has 0 amide bonds. The second kappa shape index (κ2) is 8.27. The quantitative estimate of drug-likeness (QED) is 0.417. The summed E-state index contributed by atoms with van der Waals surface area (Å²) >= 11 is 0. The van der Waals surface area contributed by atoms with Crippen molar-refractivity contribution >= 4 is 17.3 Å². The van der Waals surface area contributed by atoms with Crippen LogP contribution in [0.3, 0.4) is 0 Å². The largest absolute Gasteiger partial charge is 0.366 e. The van der Waals surface area contributed by atoms with Gasteiger partial charge in [-0.25, -0.2) is 9.67 Å². The summed E-state index contributed by atoms with van der Waals surface area (Å²) in [6.07, 6.45) is 10.6. The van der Waals surface area contributed by atoms with Gasteiger partial charge in [0, 0.05) is 43.2 Å². The molecule has 4 aromatic rings. The number of nitrogens with zero attached hydrogens (tertiary/aromatic N) is 5. The third-order valence-corrected chi connectivity index (χ3v) is 6.34. The highest BCUT2D eigenvalue weighted by molar-refractivity contribution is 5.62. The molecule has 0 radical (unpaired) electrons. The van der Waals surface area contributed by atoms with Crippen LogP contribution < -0.4 is 16.0 Å². The Morgan fingerprint density at radius 2 is 2.00 bits per heavy atom. The summed E-state index contributed by atoms with van der Waals surface area (Å²) in [5.41, 5.74) is 4.49. The first-order chi connectivity index (χ1) is 15.8. The lowest BCUT2D eigenvalue weighted by molar-refractivity contribution is 0.479. The number of anilines is 2. The topological polar surface area (TPSA) is 84.1 Å². The van der Waals surface area contributed by atoms with Gasteiger partial charge < -0.3 is 16.0 Å². The molecule has 2 fully saturated rings. The Bertz CT molecular complexity index is 1180. The van der Waals surface area contributed by atoms with Crippen molar-refractivity contribution in [2.75, 3.05) is 23.7 Å². The van der Waals surface area contributed by atoms with E-state index in [4.69, 9.17) is 4.98 Å². The molecule has 3 aromatic heterocycles. The molecule has 1 aliphatic carbocycles. The SMILES string of the molecule is c1cnn(-c2ccc(CNc3cc(N[C@H]4CCCNC4)nc4c(C5CC5)cnn34)cc2)c1. The minimum atomic E-state index is 0.411. The van der Waals surface area contributed by atoms with Crippen molar-refractivity contribution in [3.8, 4) is 5.69 Å². The lowest BCUT2D eigenvalue weighted by Crippen LogP contribution is -2.38. The normalized spacial score (nSPS) is 18.7. The van der Waals surface area contributed by atoms with E-state index in [1.54, 1.807) is 6.20 Å². The van der Waals surface area contributed by atoms with Crippen LogP contribution in [0, 0.1) is 0 Å². The van der Waals surface area contributed by atoms with E-state index in [1.807, 2.05) is 27.7 Å². The first-order valence-electron chi connectivity index (χ1n) is 11.5. The third kappa shape index (κ3) is 3.93. The number of nitrogens with one attached hydrogen (secondary N) is 3. The highest BCUT2D eigenvalue weighted by Crippen LogP contribution is 2.42. The Balaban J connectivity index is 1.25. The fraction of sp³-hybridized carbons (Fsp3) is 0.375. The van der Waals surface area contributed by atoms with Gasteiger partial charge in [0.15, 0.2) is 5.65 Å². The standard InChI is InChI=1S/C24H28N8/c1-3-19(15-25-10-1)29-22-13-23(32-24(30-22)21(16-28-32)18-6-7-18)26-14-17-4-8-20(9-5-17)31-12-2-11-27-31/h2,4-5,8-9,11-13,16,18-19,25-26H,1,3,6-7,10,14-15H2,(H,29,30)/t19-/m0/s1. The predicted molar refractivity (Wildman–Crippen MR) is 125 cm³/mol. The van der Waals surface area contributed by atoms with E-state index in [2.05, 4.69) is 56.5 Å². The van der Waals surface area contributed by atoms with E-state index < -0.39 is 0 Å². The second-order valence-electron chi connectivity index (χ2n) is 8.79. The summed E-state index contributed by atoms with van der Waals surface area (Å²) in [5, 5.41) is 19.7. The minimum absolute atomic E-state index is 0.411. The number of rotatable bonds is 7. The van der Waals surface area contributed by atoms with Crippen LogP contribution >= 0.6 is 0 Å². The van der Waals surface area contributed by atoms with Crippen LogP contribution in [0.5, 0.6) is 0 Å².